The Kier molecular flexibility index (Phi) is 4.43. The summed E-state index contributed by atoms with van der Waals surface area (Å²) >= 11 is 0. The van der Waals surface area contributed by atoms with Crippen molar-refractivity contribution in [3.8, 4) is 5.75 Å². The fourth-order valence-corrected chi connectivity index (χ4v) is 3.18. The lowest BCUT2D eigenvalue weighted by molar-refractivity contribution is 0.0556. The first-order valence-electron chi connectivity index (χ1n) is 8.61. The molecule has 134 valence electrons. The molecule has 3 aromatic heterocycles. The number of aromatic nitrogens is 3. The summed E-state index contributed by atoms with van der Waals surface area (Å²) in [5, 5.41) is 4.35. The standard InChI is InChI=1S/C19H20N4O3/c1-14-6-10-25-18(14)19(24)22-12-15-4-8-21-23(15)9-5-16(22)13-26-17-3-2-7-20-11-17/h2-4,6-8,10-11,16H,5,9,12-13H2,1H3/t16-/m0/s1. The number of rotatable bonds is 4. The van der Waals surface area contributed by atoms with E-state index in [4.69, 9.17) is 9.15 Å². The topological polar surface area (TPSA) is 73.4 Å². The number of fused-ring (bicyclic) bond motifs is 1. The van der Waals surface area contributed by atoms with Crippen LogP contribution in [0, 0.1) is 6.92 Å². The molecule has 0 spiro atoms. The Labute approximate surface area is 151 Å². The van der Waals surface area contributed by atoms with Crippen molar-refractivity contribution in [3.05, 3.63) is 66.1 Å². The summed E-state index contributed by atoms with van der Waals surface area (Å²) in [6, 6.07) is 7.34. The number of nitrogens with zero attached hydrogens (tertiary/aromatic N) is 4. The van der Waals surface area contributed by atoms with E-state index in [1.165, 1.54) is 0 Å². The summed E-state index contributed by atoms with van der Waals surface area (Å²) in [7, 11) is 0. The van der Waals surface area contributed by atoms with Crippen molar-refractivity contribution >= 4 is 5.91 Å². The Morgan fingerprint density at radius 1 is 1.35 bits per heavy atom. The van der Waals surface area contributed by atoms with E-state index in [1.54, 1.807) is 30.9 Å². The zero-order chi connectivity index (χ0) is 17.9. The number of hydrogen-bond donors (Lipinski definition) is 0. The average molecular weight is 352 g/mol. The van der Waals surface area contributed by atoms with Crippen LogP contribution in [-0.4, -0.2) is 38.2 Å². The molecular formula is C19H20N4O3. The maximum Gasteiger partial charge on any atom is 0.290 e. The molecule has 0 radical (unpaired) electrons. The van der Waals surface area contributed by atoms with E-state index >= 15 is 0 Å². The van der Waals surface area contributed by atoms with Crippen molar-refractivity contribution in [3.63, 3.8) is 0 Å². The Morgan fingerprint density at radius 2 is 2.27 bits per heavy atom. The van der Waals surface area contributed by atoms with Crippen LogP contribution in [0.15, 0.2) is 53.5 Å². The normalized spacial score (nSPS) is 16.8. The van der Waals surface area contributed by atoms with Gasteiger partial charge < -0.3 is 14.1 Å². The van der Waals surface area contributed by atoms with Gasteiger partial charge in [0.1, 0.15) is 12.4 Å². The van der Waals surface area contributed by atoms with Gasteiger partial charge in [-0.05, 0) is 37.6 Å². The molecule has 0 saturated carbocycles. The van der Waals surface area contributed by atoms with Crippen LogP contribution >= 0.6 is 0 Å². The van der Waals surface area contributed by atoms with Gasteiger partial charge in [0.05, 0.1) is 30.7 Å². The van der Waals surface area contributed by atoms with Crippen LogP contribution in [0.5, 0.6) is 5.75 Å². The zero-order valence-corrected chi connectivity index (χ0v) is 14.5. The van der Waals surface area contributed by atoms with Crippen molar-refractivity contribution in [1.82, 2.24) is 19.7 Å². The third-order valence-corrected chi connectivity index (χ3v) is 4.65. The molecule has 0 bridgehead atoms. The van der Waals surface area contributed by atoms with Crippen LogP contribution < -0.4 is 4.74 Å². The molecule has 4 heterocycles. The third kappa shape index (κ3) is 3.20. The summed E-state index contributed by atoms with van der Waals surface area (Å²) in [5.74, 6) is 0.947. The SMILES string of the molecule is Cc1ccoc1C(=O)N1Cc2ccnn2CC[C@H]1COc1cccnc1. The summed E-state index contributed by atoms with van der Waals surface area (Å²) in [6.45, 7) is 3.48. The summed E-state index contributed by atoms with van der Waals surface area (Å²) < 4.78 is 13.3. The quantitative estimate of drug-likeness (QED) is 0.722. The Balaban J connectivity index is 1.58. The Hall–Kier alpha value is -3.09. The smallest absolute Gasteiger partial charge is 0.290 e. The molecule has 26 heavy (non-hydrogen) atoms. The minimum absolute atomic E-state index is 0.0890. The predicted molar refractivity (Wildman–Crippen MR) is 93.7 cm³/mol. The van der Waals surface area contributed by atoms with E-state index < -0.39 is 0 Å². The minimum Gasteiger partial charge on any atom is -0.490 e. The van der Waals surface area contributed by atoms with Gasteiger partial charge in [-0.15, -0.1) is 0 Å². The molecular weight excluding hydrogens is 332 g/mol. The van der Waals surface area contributed by atoms with E-state index in [0.29, 0.717) is 24.7 Å². The molecule has 1 aliphatic rings. The van der Waals surface area contributed by atoms with Crippen molar-refractivity contribution in [2.24, 2.45) is 0 Å². The lowest BCUT2D eigenvalue weighted by Crippen LogP contribution is -2.42. The van der Waals surface area contributed by atoms with E-state index in [2.05, 4.69) is 10.1 Å². The highest BCUT2D eigenvalue weighted by Gasteiger charge is 2.31. The fraction of sp³-hybridized carbons (Fsp3) is 0.316. The molecule has 0 aromatic carbocycles. The van der Waals surface area contributed by atoms with E-state index in [-0.39, 0.29) is 11.9 Å². The second kappa shape index (κ2) is 7.03. The van der Waals surface area contributed by atoms with Crippen molar-refractivity contribution in [2.75, 3.05) is 6.61 Å². The molecule has 1 atom stereocenters. The largest absolute Gasteiger partial charge is 0.490 e. The van der Waals surface area contributed by atoms with Crippen LogP contribution in [0.25, 0.3) is 0 Å². The lowest BCUT2D eigenvalue weighted by atomic mass is 10.1. The predicted octanol–water partition coefficient (Wildman–Crippen LogP) is 2.67. The number of hydrogen-bond acceptors (Lipinski definition) is 5. The van der Waals surface area contributed by atoms with Gasteiger partial charge in [-0.1, -0.05) is 0 Å². The summed E-state index contributed by atoms with van der Waals surface area (Å²) in [6.07, 6.45) is 7.44. The monoisotopic (exact) mass is 352 g/mol. The summed E-state index contributed by atoms with van der Waals surface area (Å²) in [5.41, 5.74) is 1.84. The molecule has 0 fully saturated rings. The number of furan rings is 1. The van der Waals surface area contributed by atoms with Crippen LogP contribution in [0.3, 0.4) is 0 Å². The lowest BCUT2D eigenvalue weighted by Gasteiger charge is -2.29. The number of amides is 1. The van der Waals surface area contributed by atoms with Crippen molar-refractivity contribution < 1.29 is 13.9 Å². The average Bonchev–Trinajstić information content (AvgIpc) is 3.25. The second-order valence-corrected chi connectivity index (χ2v) is 6.35. The first-order chi connectivity index (χ1) is 12.7. The van der Waals surface area contributed by atoms with Crippen molar-refractivity contribution in [2.45, 2.75) is 32.5 Å². The number of pyridine rings is 1. The van der Waals surface area contributed by atoms with Gasteiger partial charge in [0.25, 0.3) is 5.91 Å². The van der Waals surface area contributed by atoms with E-state index in [9.17, 15) is 4.79 Å². The second-order valence-electron chi connectivity index (χ2n) is 6.35. The highest BCUT2D eigenvalue weighted by Crippen LogP contribution is 2.22. The minimum atomic E-state index is -0.123. The van der Waals surface area contributed by atoms with Crippen LogP contribution in [0.4, 0.5) is 0 Å². The van der Waals surface area contributed by atoms with Gasteiger partial charge in [0.15, 0.2) is 5.76 Å². The van der Waals surface area contributed by atoms with Crippen molar-refractivity contribution in [1.29, 1.82) is 0 Å². The number of aryl methyl sites for hydroxylation is 2. The fourth-order valence-electron chi connectivity index (χ4n) is 3.18. The molecule has 3 aromatic rings. The summed E-state index contributed by atoms with van der Waals surface area (Å²) in [4.78, 5) is 19.0. The Bertz CT molecular complexity index is 887. The van der Waals surface area contributed by atoms with E-state index in [1.807, 2.05) is 34.7 Å². The Morgan fingerprint density at radius 3 is 3.04 bits per heavy atom. The highest BCUT2D eigenvalue weighted by atomic mass is 16.5. The van der Waals surface area contributed by atoms with E-state index in [0.717, 1.165) is 24.2 Å². The molecule has 7 heteroatoms. The molecule has 0 unspecified atom stereocenters. The van der Waals surface area contributed by atoms with Gasteiger partial charge in [0.2, 0.25) is 0 Å². The van der Waals surface area contributed by atoms with Gasteiger partial charge in [0, 0.05) is 24.5 Å². The third-order valence-electron chi connectivity index (χ3n) is 4.65. The molecule has 1 aliphatic heterocycles. The van der Waals surface area contributed by atoms with Gasteiger partial charge in [-0.3, -0.25) is 14.5 Å². The maximum absolute atomic E-state index is 13.1. The van der Waals surface area contributed by atoms with Crippen LogP contribution in [0.1, 0.15) is 28.2 Å². The molecule has 7 nitrogen and oxygen atoms in total. The van der Waals surface area contributed by atoms with Crippen LogP contribution in [0.2, 0.25) is 0 Å². The maximum atomic E-state index is 13.1. The molecule has 4 rings (SSSR count). The molecule has 1 amide bonds. The highest BCUT2D eigenvalue weighted by molar-refractivity contribution is 5.93. The van der Waals surface area contributed by atoms with Crippen LogP contribution in [-0.2, 0) is 13.1 Å². The number of carbonyl (C=O) groups excluding carboxylic acids is 1. The number of ether oxygens (including phenoxy) is 1. The van der Waals surface area contributed by atoms with Gasteiger partial charge in [-0.2, -0.15) is 5.10 Å². The molecule has 0 aliphatic carbocycles. The van der Waals surface area contributed by atoms with Gasteiger partial charge >= 0.3 is 0 Å². The number of carbonyl (C=O) groups is 1. The van der Waals surface area contributed by atoms with Gasteiger partial charge in [-0.25, -0.2) is 0 Å². The molecule has 0 saturated heterocycles. The zero-order valence-electron chi connectivity index (χ0n) is 14.5. The first-order valence-corrected chi connectivity index (χ1v) is 8.61. The first kappa shape index (κ1) is 16.4. The molecule has 0 N–H and O–H groups in total.